The average Bonchev–Trinajstić information content (AvgIpc) is 2.93. The third-order valence-corrected chi connectivity index (χ3v) is 3.96. The lowest BCUT2D eigenvalue weighted by molar-refractivity contribution is 0.0602. The van der Waals surface area contributed by atoms with Crippen molar-refractivity contribution in [2.45, 2.75) is 6.04 Å². The van der Waals surface area contributed by atoms with Crippen LogP contribution in [-0.2, 0) is 0 Å². The number of piperazine rings is 1. The molecule has 1 aromatic heterocycles. The van der Waals surface area contributed by atoms with Gasteiger partial charge in [-0.1, -0.05) is 23.7 Å². The number of furan rings is 1. The zero-order valence-corrected chi connectivity index (χ0v) is 12.7. The molecule has 6 heteroatoms. The highest BCUT2D eigenvalue weighted by Crippen LogP contribution is 2.27. The van der Waals surface area contributed by atoms with Crippen molar-refractivity contribution in [3.05, 3.63) is 58.0 Å². The number of hydrogen-bond acceptors (Lipinski definition) is 3. The SMILES string of the molecule is O=C(c1ccc(Cl)o1)N1CCNCC1c1cccc(Cl)c1. The summed E-state index contributed by atoms with van der Waals surface area (Å²) in [5, 5.41) is 4.18. The molecule has 4 nitrogen and oxygen atoms in total. The number of rotatable bonds is 2. The highest BCUT2D eigenvalue weighted by molar-refractivity contribution is 6.30. The van der Waals surface area contributed by atoms with E-state index in [-0.39, 0.29) is 22.9 Å². The summed E-state index contributed by atoms with van der Waals surface area (Å²) in [6.45, 7) is 2.03. The number of nitrogens with one attached hydrogen (secondary N) is 1. The van der Waals surface area contributed by atoms with Crippen LogP contribution in [0, 0.1) is 0 Å². The zero-order chi connectivity index (χ0) is 14.8. The highest BCUT2D eigenvalue weighted by Gasteiger charge is 2.30. The van der Waals surface area contributed by atoms with E-state index in [1.54, 1.807) is 17.0 Å². The van der Waals surface area contributed by atoms with E-state index in [2.05, 4.69) is 5.32 Å². The second kappa shape index (κ2) is 6.10. The average molecular weight is 325 g/mol. The third kappa shape index (κ3) is 3.07. The second-order valence-corrected chi connectivity index (χ2v) is 5.69. The summed E-state index contributed by atoms with van der Waals surface area (Å²) in [6, 6.07) is 10.7. The number of nitrogens with zero attached hydrogens (tertiary/aromatic N) is 1. The fourth-order valence-electron chi connectivity index (χ4n) is 2.53. The molecule has 2 heterocycles. The first-order chi connectivity index (χ1) is 10.1. The van der Waals surface area contributed by atoms with Gasteiger partial charge in [0.05, 0.1) is 6.04 Å². The van der Waals surface area contributed by atoms with Crippen molar-refractivity contribution in [2.75, 3.05) is 19.6 Å². The Bertz CT molecular complexity index is 657. The Hall–Kier alpha value is -1.49. The lowest BCUT2D eigenvalue weighted by Crippen LogP contribution is -2.48. The summed E-state index contributed by atoms with van der Waals surface area (Å²) in [6.07, 6.45) is 0. The first-order valence-electron chi connectivity index (χ1n) is 6.67. The van der Waals surface area contributed by atoms with Crippen LogP contribution < -0.4 is 5.32 Å². The molecule has 1 fully saturated rings. The molecule has 0 aliphatic carbocycles. The fourth-order valence-corrected chi connectivity index (χ4v) is 2.87. The summed E-state index contributed by atoms with van der Waals surface area (Å²) in [7, 11) is 0. The van der Waals surface area contributed by atoms with Crippen molar-refractivity contribution in [3.8, 4) is 0 Å². The van der Waals surface area contributed by atoms with Gasteiger partial charge in [-0.3, -0.25) is 4.79 Å². The minimum Gasteiger partial charge on any atom is -0.440 e. The van der Waals surface area contributed by atoms with Crippen LogP contribution in [-0.4, -0.2) is 30.4 Å². The van der Waals surface area contributed by atoms with Crippen LogP contribution in [0.25, 0.3) is 0 Å². The minimum atomic E-state index is -0.159. The van der Waals surface area contributed by atoms with Gasteiger partial charge < -0.3 is 14.6 Å². The van der Waals surface area contributed by atoms with E-state index in [0.717, 1.165) is 12.1 Å². The van der Waals surface area contributed by atoms with E-state index in [4.69, 9.17) is 27.6 Å². The normalized spacial score (nSPS) is 18.8. The number of carbonyl (C=O) groups excluding carboxylic acids is 1. The second-order valence-electron chi connectivity index (χ2n) is 4.88. The Labute approximate surface area is 132 Å². The van der Waals surface area contributed by atoms with E-state index in [1.165, 1.54) is 0 Å². The smallest absolute Gasteiger partial charge is 0.290 e. The van der Waals surface area contributed by atoms with E-state index < -0.39 is 0 Å². The van der Waals surface area contributed by atoms with Crippen LogP contribution in [0.2, 0.25) is 10.2 Å². The molecule has 1 aliphatic rings. The summed E-state index contributed by atoms with van der Waals surface area (Å²) in [5.74, 6) is 0.0994. The van der Waals surface area contributed by atoms with E-state index in [9.17, 15) is 4.79 Å². The Kier molecular flexibility index (Phi) is 4.19. The summed E-state index contributed by atoms with van der Waals surface area (Å²) in [5.41, 5.74) is 1.00. The zero-order valence-electron chi connectivity index (χ0n) is 11.2. The number of benzene rings is 1. The van der Waals surface area contributed by atoms with Crippen LogP contribution in [0.4, 0.5) is 0 Å². The molecule has 0 radical (unpaired) electrons. The lowest BCUT2D eigenvalue weighted by atomic mass is 10.0. The maximum Gasteiger partial charge on any atom is 0.290 e. The molecule has 1 aromatic carbocycles. The maximum atomic E-state index is 12.6. The molecule has 3 rings (SSSR count). The van der Waals surface area contributed by atoms with Gasteiger partial charge in [0.15, 0.2) is 11.0 Å². The largest absolute Gasteiger partial charge is 0.440 e. The molecule has 1 aliphatic heterocycles. The Balaban J connectivity index is 1.89. The standard InChI is InChI=1S/C15H14Cl2N2O2/c16-11-3-1-2-10(8-11)12-9-18-6-7-19(12)15(20)13-4-5-14(17)21-13/h1-5,8,12,18H,6-7,9H2. The molecule has 1 atom stereocenters. The molecule has 2 aromatic rings. The van der Waals surface area contributed by atoms with Gasteiger partial charge in [-0.25, -0.2) is 0 Å². The summed E-state index contributed by atoms with van der Waals surface area (Å²) in [4.78, 5) is 14.4. The van der Waals surface area contributed by atoms with Gasteiger partial charge in [-0.2, -0.15) is 0 Å². The van der Waals surface area contributed by atoms with Crippen molar-refractivity contribution in [2.24, 2.45) is 0 Å². The van der Waals surface area contributed by atoms with Crippen LogP contribution in [0.5, 0.6) is 0 Å². The summed E-state index contributed by atoms with van der Waals surface area (Å²) >= 11 is 11.8. The topological polar surface area (TPSA) is 45.5 Å². The molecule has 110 valence electrons. The van der Waals surface area contributed by atoms with Gasteiger partial charge in [0.25, 0.3) is 5.91 Å². The molecule has 21 heavy (non-hydrogen) atoms. The predicted molar refractivity (Wildman–Crippen MR) is 81.8 cm³/mol. The monoisotopic (exact) mass is 324 g/mol. The summed E-state index contributed by atoms with van der Waals surface area (Å²) < 4.78 is 5.23. The van der Waals surface area contributed by atoms with Gasteiger partial charge in [-0.15, -0.1) is 0 Å². The van der Waals surface area contributed by atoms with Gasteiger partial charge in [0.2, 0.25) is 0 Å². The molecule has 0 saturated carbocycles. The Morgan fingerprint density at radius 3 is 2.86 bits per heavy atom. The molecule has 0 spiro atoms. The van der Waals surface area contributed by atoms with Crippen LogP contribution in [0.15, 0.2) is 40.8 Å². The third-order valence-electron chi connectivity index (χ3n) is 3.52. The molecular formula is C15H14Cl2N2O2. The first kappa shape index (κ1) is 14.4. The Morgan fingerprint density at radius 2 is 2.14 bits per heavy atom. The van der Waals surface area contributed by atoms with Crippen molar-refractivity contribution in [1.29, 1.82) is 0 Å². The lowest BCUT2D eigenvalue weighted by Gasteiger charge is -2.36. The van der Waals surface area contributed by atoms with E-state index in [1.807, 2.05) is 24.3 Å². The number of carbonyl (C=O) groups is 1. The molecule has 1 amide bonds. The fraction of sp³-hybridized carbons (Fsp3) is 0.267. The van der Waals surface area contributed by atoms with E-state index in [0.29, 0.717) is 18.1 Å². The number of hydrogen-bond donors (Lipinski definition) is 1. The molecule has 1 unspecified atom stereocenters. The van der Waals surface area contributed by atoms with Crippen molar-refractivity contribution < 1.29 is 9.21 Å². The number of halogens is 2. The molecular weight excluding hydrogens is 311 g/mol. The number of amides is 1. The minimum absolute atomic E-state index is 0.0752. The maximum absolute atomic E-state index is 12.6. The Morgan fingerprint density at radius 1 is 1.29 bits per heavy atom. The van der Waals surface area contributed by atoms with Crippen LogP contribution >= 0.6 is 23.2 Å². The molecule has 1 N–H and O–H groups in total. The highest BCUT2D eigenvalue weighted by atomic mass is 35.5. The van der Waals surface area contributed by atoms with Crippen molar-refractivity contribution in [1.82, 2.24) is 10.2 Å². The van der Waals surface area contributed by atoms with Crippen molar-refractivity contribution >= 4 is 29.1 Å². The van der Waals surface area contributed by atoms with Gasteiger partial charge >= 0.3 is 0 Å². The molecule has 0 bridgehead atoms. The van der Waals surface area contributed by atoms with Crippen LogP contribution in [0.1, 0.15) is 22.2 Å². The molecule has 1 saturated heterocycles. The van der Waals surface area contributed by atoms with E-state index >= 15 is 0 Å². The quantitative estimate of drug-likeness (QED) is 0.921. The predicted octanol–water partition coefficient (Wildman–Crippen LogP) is 3.37. The van der Waals surface area contributed by atoms with Crippen LogP contribution in [0.3, 0.4) is 0 Å². The van der Waals surface area contributed by atoms with Crippen molar-refractivity contribution in [3.63, 3.8) is 0 Å². The van der Waals surface area contributed by atoms with Gasteiger partial charge in [0, 0.05) is 24.7 Å². The first-order valence-corrected chi connectivity index (χ1v) is 7.43. The van der Waals surface area contributed by atoms with Gasteiger partial charge in [-0.05, 0) is 41.4 Å². The van der Waals surface area contributed by atoms with Gasteiger partial charge in [0.1, 0.15) is 0 Å².